The van der Waals surface area contributed by atoms with E-state index >= 15 is 0 Å². The number of nitrogens with zero attached hydrogens (tertiary/aromatic N) is 1. The van der Waals surface area contributed by atoms with Crippen LogP contribution in [0.25, 0.3) is 6.08 Å². The van der Waals surface area contributed by atoms with Crippen LogP contribution in [0, 0.1) is 11.3 Å². The predicted octanol–water partition coefficient (Wildman–Crippen LogP) is 3.45. The normalized spacial score (nSPS) is 14.4. The molecule has 0 N–H and O–H groups in total. The zero-order valence-corrected chi connectivity index (χ0v) is 9.46. The van der Waals surface area contributed by atoms with Crippen LogP contribution in [0.1, 0.15) is 37.5 Å². The monoisotopic (exact) mass is 197 g/mol. The maximum absolute atomic E-state index is 8.85. The van der Waals surface area contributed by atoms with Gasteiger partial charge >= 0.3 is 0 Å². The molecule has 76 valence electrons. The molecule has 15 heavy (non-hydrogen) atoms. The van der Waals surface area contributed by atoms with E-state index in [1.54, 1.807) is 0 Å². The van der Waals surface area contributed by atoms with Crippen LogP contribution < -0.4 is 0 Å². The number of hydrogen-bond acceptors (Lipinski definition) is 1. The van der Waals surface area contributed by atoms with Gasteiger partial charge in [0, 0.05) is 12.0 Å². The van der Waals surface area contributed by atoms with Gasteiger partial charge in [0.1, 0.15) is 0 Å². The van der Waals surface area contributed by atoms with Gasteiger partial charge in [0.15, 0.2) is 0 Å². The van der Waals surface area contributed by atoms with E-state index in [1.807, 2.05) is 6.08 Å². The molecule has 0 spiro atoms. The highest BCUT2D eigenvalue weighted by Gasteiger charge is 2.17. The van der Waals surface area contributed by atoms with Gasteiger partial charge in [-0.2, -0.15) is 5.26 Å². The molecule has 1 heteroatoms. The summed E-state index contributed by atoms with van der Waals surface area (Å²) in [6.45, 7) is 6.62. The molecule has 0 aliphatic heterocycles. The van der Waals surface area contributed by atoms with Gasteiger partial charge in [0.2, 0.25) is 0 Å². The zero-order chi connectivity index (χ0) is 11.1. The number of nitriles is 1. The molecule has 1 aliphatic rings. The largest absolute Gasteiger partial charge is 0.193 e. The molecule has 0 atom stereocenters. The summed E-state index contributed by atoms with van der Waals surface area (Å²) in [5, 5.41) is 8.85. The van der Waals surface area contributed by atoms with Crippen LogP contribution in [0.5, 0.6) is 0 Å². The summed E-state index contributed by atoms with van der Waals surface area (Å²) in [7, 11) is 0. The standard InChI is InChI=1S/C14H15N/c1-14(2,3)13-5-4-11-6-10(9-15)7-12(11)8-13/h4-5,7-8H,6H2,1-3H3. The summed E-state index contributed by atoms with van der Waals surface area (Å²) in [4.78, 5) is 0. The lowest BCUT2D eigenvalue weighted by Crippen LogP contribution is -2.11. The van der Waals surface area contributed by atoms with Crippen molar-refractivity contribution < 1.29 is 0 Å². The maximum Gasteiger partial charge on any atom is 0.0950 e. The molecule has 2 rings (SSSR count). The van der Waals surface area contributed by atoms with E-state index in [0.717, 1.165) is 12.0 Å². The van der Waals surface area contributed by atoms with Crippen molar-refractivity contribution in [2.75, 3.05) is 0 Å². The van der Waals surface area contributed by atoms with E-state index < -0.39 is 0 Å². The van der Waals surface area contributed by atoms with Crippen molar-refractivity contribution in [3.63, 3.8) is 0 Å². The number of allylic oxidation sites excluding steroid dienone is 1. The molecule has 0 bridgehead atoms. The lowest BCUT2D eigenvalue weighted by Gasteiger charge is -2.19. The summed E-state index contributed by atoms with van der Waals surface area (Å²) >= 11 is 0. The fourth-order valence-electron chi connectivity index (χ4n) is 1.87. The Bertz CT molecular complexity index is 467. The Morgan fingerprint density at radius 1 is 1.27 bits per heavy atom. The third kappa shape index (κ3) is 1.80. The van der Waals surface area contributed by atoms with E-state index in [2.05, 4.69) is 45.0 Å². The lowest BCUT2D eigenvalue weighted by atomic mass is 9.85. The Hall–Kier alpha value is -1.55. The smallest absolute Gasteiger partial charge is 0.0950 e. The van der Waals surface area contributed by atoms with Crippen LogP contribution in [-0.4, -0.2) is 0 Å². The van der Waals surface area contributed by atoms with E-state index in [1.165, 1.54) is 16.7 Å². The number of rotatable bonds is 0. The molecule has 0 radical (unpaired) electrons. The molecule has 0 heterocycles. The molecule has 0 saturated heterocycles. The Kier molecular flexibility index (Phi) is 2.16. The fourth-order valence-corrected chi connectivity index (χ4v) is 1.87. The highest BCUT2D eigenvalue weighted by molar-refractivity contribution is 5.68. The average molecular weight is 197 g/mol. The second-order valence-electron chi connectivity index (χ2n) is 5.12. The number of benzene rings is 1. The van der Waals surface area contributed by atoms with Crippen molar-refractivity contribution >= 4 is 6.08 Å². The molecule has 1 aromatic carbocycles. The van der Waals surface area contributed by atoms with Gasteiger partial charge in [-0.25, -0.2) is 0 Å². The first-order valence-electron chi connectivity index (χ1n) is 5.25. The zero-order valence-electron chi connectivity index (χ0n) is 9.46. The Morgan fingerprint density at radius 2 is 2.00 bits per heavy atom. The van der Waals surface area contributed by atoms with Crippen LogP contribution in [0.4, 0.5) is 0 Å². The minimum Gasteiger partial charge on any atom is -0.193 e. The summed E-state index contributed by atoms with van der Waals surface area (Å²) in [6, 6.07) is 8.76. The van der Waals surface area contributed by atoms with Crippen molar-refractivity contribution in [2.45, 2.75) is 32.6 Å². The van der Waals surface area contributed by atoms with Gasteiger partial charge in [-0.15, -0.1) is 0 Å². The first kappa shape index (κ1) is 9.98. The Labute approximate surface area is 91.0 Å². The maximum atomic E-state index is 8.85. The van der Waals surface area contributed by atoms with E-state index in [0.29, 0.717) is 0 Å². The third-order valence-electron chi connectivity index (χ3n) is 2.87. The first-order chi connectivity index (χ1) is 7.00. The van der Waals surface area contributed by atoms with Crippen LogP contribution in [0.2, 0.25) is 0 Å². The van der Waals surface area contributed by atoms with Crippen molar-refractivity contribution in [1.29, 1.82) is 5.26 Å². The topological polar surface area (TPSA) is 23.8 Å². The molecular weight excluding hydrogens is 182 g/mol. The van der Waals surface area contributed by atoms with Gasteiger partial charge in [0.05, 0.1) is 6.07 Å². The van der Waals surface area contributed by atoms with Gasteiger partial charge in [-0.1, -0.05) is 39.0 Å². The molecule has 1 nitrogen and oxygen atoms in total. The van der Waals surface area contributed by atoms with E-state index in [9.17, 15) is 0 Å². The highest BCUT2D eigenvalue weighted by atomic mass is 14.3. The SMILES string of the molecule is CC(C)(C)c1ccc2c(c1)C=C(C#N)C2. The van der Waals surface area contributed by atoms with E-state index in [4.69, 9.17) is 5.26 Å². The van der Waals surface area contributed by atoms with Gasteiger partial charge < -0.3 is 0 Å². The first-order valence-corrected chi connectivity index (χ1v) is 5.25. The molecule has 0 amide bonds. The van der Waals surface area contributed by atoms with Crippen molar-refractivity contribution in [3.8, 4) is 6.07 Å². The summed E-state index contributed by atoms with van der Waals surface area (Å²) in [5.41, 5.74) is 4.88. The van der Waals surface area contributed by atoms with Crippen LogP contribution in [-0.2, 0) is 11.8 Å². The highest BCUT2D eigenvalue weighted by Crippen LogP contribution is 2.30. The predicted molar refractivity (Wildman–Crippen MR) is 62.4 cm³/mol. The molecule has 1 aromatic rings. The molecule has 0 unspecified atom stereocenters. The minimum absolute atomic E-state index is 0.179. The molecule has 0 fully saturated rings. The van der Waals surface area contributed by atoms with Crippen molar-refractivity contribution in [3.05, 3.63) is 40.5 Å². The number of hydrogen-bond donors (Lipinski definition) is 0. The molecule has 0 saturated carbocycles. The van der Waals surface area contributed by atoms with Crippen LogP contribution in [0.3, 0.4) is 0 Å². The summed E-state index contributed by atoms with van der Waals surface area (Å²) in [5.74, 6) is 0. The quantitative estimate of drug-likeness (QED) is 0.625. The van der Waals surface area contributed by atoms with Crippen molar-refractivity contribution in [1.82, 2.24) is 0 Å². The fraction of sp³-hybridized carbons (Fsp3) is 0.357. The van der Waals surface area contributed by atoms with Crippen molar-refractivity contribution in [2.24, 2.45) is 0 Å². The lowest BCUT2D eigenvalue weighted by molar-refractivity contribution is 0.590. The number of fused-ring (bicyclic) bond motifs is 1. The van der Waals surface area contributed by atoms with Crippen LogP contribution in [0.15, 0.2) is 23.8 Å². The molecule has 0 aromatic heterocycles. The Morgan fingerprint density at radius 3 is 2.60 bits per heavy atom. The summed E-state index contributed by atoms with van der Waals surface area (Å²) < 4.78 is 0. The van der Waals surface area contributed by atoms with E-state index in [-0.39, 0.29) is 5.41 Å². The van der Waals surface area contributed by atoms with Gasteiger partial charge in [-0.05, 0) is 28.2 Å². The molecular formula is C14H15N. The van der Waals surface area contributed by atoms with Gasteiger partial charge in [-0.3, -0.25) is 0 Å². The second kappa shape index (κ2) is 3.24. The second-order valence-corrected chi connectivity index (χ2v) is 5.12. The average Bonchev–Trinajstić information content (AvgIpc) is 2.57. The summed E-state index contributed by atoms with van der Waals surface area (Å²) in [6.07, 6.45) is 2.81. The minimum atomic E-state index is 0.179. The van der Waals surface area contributed by atoms with Gasteiger partial charge in [0.25, 0.3) is 0 Å². The Balaban J connectivity index is 2.45. The third-order valence-corrected chi connectivity index (χ3v) is 2.87. The van der Waals surface area contributed by atoms with Crippen LogP contribution >= 0.6 is 0 Å². The molecule has 1 aliphatic carbocycles.